The van der Waals surface area contributed by atoms with Crippen molar-refractivity contribution >= 4 is 0 Å². The summed E-state index contributed by atoms with van der Waals surface area (Å²) in [6.45, 7) is 2.38. The standard InChI is InChI=1S/C12H12F3N3O/c1-2-5-18-9(6-16-17-18)12(19)7-3-4-8(13)11(15)10(7)14/h3-4,6,12,19H,2,5H2,1H3. The molecule has 0 aliphatic heterocycles. The molecule has 0 bridgehead atoms. The van der Waals surface area contributed by atoms with Crippen molar-refractivity contribution in [1.82, 2.24) is 15.0 Å². The number of hydrogen-bond acceptors (Lipinski definition) is 3. The third-order valence-corrected chi connectivity index (χ3v) is 2.72. The zero-order valence-electron chi connectivity index (χ0n) is 10.1. The molecule has 0 radical (unpaired) electrons. The highest BCUT2D eigenvalue weighted by atomic mass is 19.2. The largest absolute Gasteiger partial charge is 0.382 e. The minimum absolute atomic E-state index is 0.228. The molecule has 1 atom stereocenters. The summed E-state index contributed by atoms with van der Waals surface area (Å²) in [5, 5.41) is 17.4. The zero-order chi connectivity index (χ0) is 14.0. The molecule has 2 aromatic rings. The molecule has 0 saturated heterocycles. The van der Waals surface area contributed by atoms with E-state index in [2.05, 4.69) is 10.3 Å². The van der Waals surface area contributed by atoms with E-state index in [1.54, 1.807) is 0 Å². The molecule has 102 valence electrons. The number of hydrogen-bond donors (Lipinski definition) is 1. The van der Waals surface area contributed by atoms with Crippen LogP contribution in [0.2, 0.25) is 0 Å². The predicted molar refractivity (Wildman–Crippen MR) is 60.7 cm³/mol. The number of aliphatic hydroxyl groups excluding tert-OH is 1. The van der Waals surface area contributed by atoms with Gasteiger partial charge in [-0.25, -0.2) is 17.9 Å². The maximum Gasteiger partial charge on any atom is 0.194 e. The highest BCUT2D eigenvalue weighted by Crippen LogP contribution is 2.26. The van der Waals surface area contributed by atoms with Crippen molar-refractivity contribution in [3.05, 3.63) is 47.0 Å². The maximum absolute atomic E-state index is 13.6. The van der Waals surface area contributed by atoms with E-state index in [9.17, 15) is 18.3 Å². The quantitative estimate of drug-likeness (QED) is 0.867. The van der Waals surface area contributed by atoms with Crippen LogP contribution < -0.4 is 0 Å². The van der Waals surface area contributed by atoms with E-state index in [-0.39, 0.29) is 11.3 Å². The normalized spacial score (nSPS) is 12.7. The Morgan fingerprint density at radius 2 is 2.00 bits per heavy atom. The molecule has 7 heteroatoms. The van der Waals surface area contributed by atoms with Crippen LogP contribution in [0.15, 0.2) is 18.3 Å². The summed E-state index contributed by atoms with van der Waals surface area (Å²) < 4.78 is 41.0. The van der Waals surface area contributed by atoms with Gasteiger partial charge in [0, 0.05) is 12.1 Å². The van der Waals surface area contributed by atoms with Gasteiger partial charge in [-0.2, -0.15) is 0 Å². The summed E-state index contributed by atoms with van der Waals surface area (Å²) in [5.41, 5.74) is -0.120. The monoisotopic (exact) mass is 271 g/mol. The topological polar surface area (TPSA) is 50.9 Å². The second-order valence-corrected chi connectivity index (χ2v) is 4.05. The van der Waals surface area contributed by atoms with Crippen molar-refractivity contribution in [3.63, 3.8) is 0 Å². The molecule has 1 unspecified atom stereocenters. The number of aliphatic hydroxyl groups is 1. The average molecular weight is 271 g/mol. The Morgan fingerprint density at radius 3 is 2.68 bits per heavy atom. The molecule has 2 rings (SSSR count). The SMILES string of the molecule is CCCn1nncc1C(O)c1ccc(F)c(F)c1F. The Labute approximate surface area is 107 Å². The fourth-order valence-corrected chi connectivity index (χ4v) is 1.77. The Hall–Kier alpha value is -1.89. The van der Waals surface area contributed by atoms with Gasteiger partial charge in [0.05, 0.1) is 11.9 Å². The summed E-state index contributed by atoms with van der Waals surface area (Å²) in [6.07, 6.45) is 0.557. The van der Waals surface area contributed by atoms with Crippen LogP contribution in [0.1, 0.15) is 30.7 Å². The first-order valence-corrected chi connectivity index (χ1v) is 5.76. The molecule has 0 fully saturated rings. The van der Waals surface area contributed by atoms with Gasteiger partial charge in [0.15, 0.2) is 17.5 Å². The van der Waals surface area contributed by atoms with Crippen molar-refractivity contribution in [3.8, 4) is 0 Å². The number of aromatic nitrogens is 3. The summed E-state index contributed by atoms with van der Waals surface area (Å²) in [7, 11) is 0. The fraction of sp³-hybridized carbons (Fsp3) is 0.333. The van der Waals surface area contributed by atoms with Gasteiger partial charge >= 0.3 is 0 Å². The average Bonchev–Trinajstić information content (AvgIpc) is 2.84. The van der Waals surface area contributed by atoms with E-state index in [0.717, 1.165) is 18.6 Å². The number of rotatable bonds is 4. The van der Waals surface area contributed by atoms with Crippen LogP contribution >= 0.6 is 0 Å². The van der Waals surface area contributed by atoms with Crippen molar-refractivity contribution in [2.75, 3.05) is 0 Å². The van der Waals surface area contributed by atoms with E-state index in [1.165, 1.54) is 10.9 Å². The van der Waals surface area contributed by atoms with E-state index in [4.69, 9.17) is 0 Å². The molecule has 1 aromatic heterocycles. The molecule has 0 aliphatic carbocycles. The molecule has 4 nitrogen and oxygen atoms in total. The number of halogens is 3. The second kappa shape index (κ2) is 5.40. The fourth-order valence-electron chi connectivity index (χ4n) is 1.77. The Kier molecular flexibility index (Phi) is 3.84. The van der Waals surface area contributed by atoms with Crippen LogP contribution in [0.5, 0.6) is 0 Å². The molecule has 0 aliphatic rings. The van der Waals surface area contributed by atoms with Crippen LogP contribution in [0, 0.1) is 17.5 Å². The Bertz CT molecular complexity index is 586. The van der Waals surface area contributed by atoms with E-state index >= 15 is 0 Å². The first kappa shape index (κ1) is 13.5. The minimum atomic E-state index is -1.61. The first-order valence-electron chi connectivity index (χ1n) is 5.76. The van der Waals surface area contributed by atoms with Gasteiger partial charge < -0.3 is 5.11 Å². The highest BCUT2D eigenvalue weighted by molar-refractivity contribution is 5.27. The third kappa shape index (κ3) is 2.46. The second-order valence-electron chi connectivity index (χ2n) is 4.05. The molecule has 19 heavy (non-hydrogen) atoms. The van der Waals surface area contributed by atoms with Gasteiger partial charge in [0.1, 0.15) is 6.10 Å². The minimum Gasteiger partial charge on any atom is -0.382 e. The van der Waals surface area contributed by atoms with E-state index in [1.807, 2.05) is 6.92 Å². The van der Waals surface area contributed by atoms with Gasteiger partial charge in [-0.05, 0) is 18.6 Å². The van der Waals surface area contributed by atoms with Gasteiger partial charge in [-0.15, -0.1) is 5.10 Å². The molecule has 0 amide bonds. The lowest BCUT2D eigenvalue weighted by Gasteiger charge is -2.13. The Morgan fingerprint density at radius 1 is 1.26 bits per heavy atom. The molecule has 1 N–H and O–H groups in total. The summed E-state index contributed by atoms with van der Waals surface area (Å²) in [4.78, 5) is 0. The molecule has 0 spiro atoms. The van der Waals surface area contributed by atoms with Gasteiger partial charge in [-0.1, -0.05) is 12.1 Å². The molecule has 1 heterocycles. The number of benzene rings is 1. The van der Waals surface area contributed by atoms with E-state index < -0.39 is 23.6 Å². The lowest BCUT2D eigenvalue weighted by atomic mass is 10.1. The lowest BCUT2D eigenvalue weighted by Crippen LogP contribution is -2.12. The Balaban J connectivity index is 2.41. The van der Waals surface area contributed by atoms with Crippen molar-refractivity contribution in [2.24, 2.45) is 0 Å². The molecule has 1 aromatic carbocycles. The summed E-state index contributed by atoms with van der Waals surface area (Å²) >= 11 is 0. The summed E-state index contributed by atoms with van der Waals surface area (Å²) in [5.74, 6) is -4.31. The van der Waals surface area contributed by atoms with Crippen LogP contribution in [-0.4, -0.2) is 20.1 Å². The molecular weight excluding hydrogens is 259 g/mol. The zero-order valence-corrected chi connectivity index (χ0v) is 10.1. The highest BCUT2D eigenvalue weighted by Gasteiger charge is 2.23. The van der Waals surface area contributed by atoms with Crippen molar-refractivity contribution in [2.45, 2.75) is 26.0 Å². The third-order valence-electron chi connectivity index (χ3n) is 2.72. The molecular formula is C12H12F3N3O. The van der Waals surface area contributed by atoms with Crippen molar-refractivity contribution in [1.29, 1.82) is 0 Å². The maximum atomic E-state index is 13.6. The smallest absolute Gasteiger partial charge is 0.194 e. The van der Waals surface area contributed by atoms with Crippen LogP contribution in [-0.2, 0) is 6.54 Å². The van der Waals surface area contributed by atoms with Gasteiger partial charge in [0.25, 0.3) is 0 Å². The predicted octanol–water partition coefficient (Wildman–Crippen LogP) is 2.19. The number of nitrogens with zero attached hydrogens (tertiary/aromatic N) is 3. The van der Waals surface area contributed by atoms with Crippen LogP contribution in [0.3, 0.4) is 0 Å². The molecule has 0 saturated carbocycles. The van der Waals surface area contributed by atoms with Crippen LogP contribution in [0.25, 0.3) is 0 Å². The van der Waals surface area contributed by atoms with Crippen molar-refractivity contribution < 1.29 is 18.3 Å². The van der Waals surface area contributed by atoms with E-state index in [0.29, 0.717) is 6.54 Å². The number of aryl methyl sites for hydroxylation is 1. The lowest BCUT2D eigenvalue weighted by molar-refractivity contribution is 0.200. The van der Waals surface area contributed by atoms with Crippen LogP contribution in [0.4, 0.5) is 13.2 Å². The van der Waals surface area contributed by atoms with Gasteiger partial charge in [-0.3, -0.25) is 0 Å². The van der Waals surface area contributed by atoms with Gasteiger partial charge in [0.2, 0.25) is 0 Å². The first-order chi connectivity index (χ1) is 9.06. The summed E-state index contributed by atoms with van der Waals surface area (Å²) in [6, 6.07) is 1.77.